The number of carbonyl (C=O) groups is 2. The van der Waals surface area contributed by atoms with Crippen molar-refractivity contribution in [2.45, 2.75) is 26.7 Å². The topological polar surface area (TPSA) is 49.4 Å². The highest BCUT2D eigenvalue weighted by Crippen LogP contribution is 2.40. The van der Waals surface area contributed by atoms with Crippen molar-refractivity contribution in [1.82, 2.24) is 10.2 Å². The monoisotopic (exact) mass is 306 g/mol. The molecule has 0 aliphatic heterocycles. The Morgan fingerprint density at radius 1 is 1.23 bits per heavy atom. The molecule has 2 unspecified atom stereocenters. The zero-order valence-corrected chi connectivity index (χ0v) is 13.1. The number of nitrogens with one attached hydrogen (secondary N) is 1. The van der Waals surface area contributed by atoms with Crippen LogP contribution in [0.5, 0.6) is 0 Å². The van der Waals surface area contributed by atoms with Gasteiger partial charge in [-0.15, -0.1) is 0 Å². The van der Waals surface area contributed by atoms with Crippen LogP contribution in [0.25, 0.3) is 0 Å². The summed E-state index contributed by atoms with van der Waals surface area (Å²) in [4.78, 5) is 25.9. The van der Waals surface area contributed by atoms with E-state index in [-0.39, 0.29) is 29.5 Å². The van der Waals surface area contributed by atoms with Gasteiger partial charge in [0.15, 0.2) is 0 Å². The van der Waals surface area contributed by atoms with Crippen LogP contribution in [0.2, 0.25) is 0 Å². The zero-order valence-electron chi connectivity index (χ0n) is 13.1. The summed E-state index contributed by atoms with van der Waals surface area (Å²) in [6.07, 6.45) is 1.08. The van der Waals surface area contributed by atoms with Gasteiger partial charge in [-0.2, -0.15) is 0 Å². The number of carbonyl (C=O) groups excluding carboxylic acids is 2. The van der Waals surface area contributed by atoms with E-state index in [0.717, 1.165) is 0 Å². The number of amides is 2. The Bertz CT molecular complexity index is 543. The first-order valence-electron chi connectivity index (χ1n) is 7.88. The largest absolute Gasteiger partial charge is 0.356 e. The third-order valence-electron chi connectivity index (χ3n) is 4.17. The molecule has 2 amide bonds. The molecule has 4 nitrogen and oxygen atoms in total. The molecule has 1 aliphatic rings. The summed E-state index contributed by atoms with van der Waals surface area (Å²) >= 11 is 0. The van der Waals surface area contributed by atoms with Crippen LogP contribution in [0.3, 0.4) is 0 Å². The van der Waals surface area contributed by atoms with E-state index in [9.17, 15) is 14.0 Å². The number of halogens is 1. The predicted molar refractivity (Wildman–Crippen MR) is 82.6 cm³/mol. The molecule has 2 atom stereocenters. The summed E-state index contributed by atoms with van der Waals surface area (Å²) in [6.45, 7) is 5.61. The molecule has 1 saturated carbocycles. The molecule has 22 heavy (non-hydrogen) atoms. The van der Waals surface area contributed by atoms with Crippen LogP contribution in [0.15, 0.2) is 24.3 Å². The molecule has 5 heteroatoms. The lowest BCUT2D eigenvalue weighted by molar-refractivity contribution is -0.134. The van der Waals surface area contributed by atoms with Gasteiger partial charge in [0.05, 0.1) is 11.8 Å². The lowest BCUT2D eigenvalue weighted by atomic mass is 10.1. The van der Waals surface area contributed by atoms with Gasteiger partial charge in [-0.1, -0.05) is 18.2 Å². The van der Waals surface area contributed by atoms with Crippen molar-refractivity contribution in [1.29, 1.82) is 0 Å². The molecule has 0 radical (unpaired) electrons. The van der Waals surface area contributed by atoms with Crippen LogP contribution in [0.1, 0.15) is 25.8 Å². The van der Waals surface area contributed by atoms with E-state index in [1.165, 1.54) is 6.07 Å². The van der Waals surface area contributed by atoms with Crippen molar-refractivity contribution in [2.75, 3.05) is 19.6 Å². The van der Waals surface area contributed by atoms with Crippen molar-refractivity contribution in [3.05, 3.63) is 35.6 Å². The molecule has 0 spiro atoms. The Kier molecular flexibility index (Phi) is 5.52. The van der Waals surface area contributed by atoms with Gasteiger partial charge in [0.25, 0.3) is 0 Å². The highest BCUT2D eigenvalue weighted by molar-refractivity contribution is 5.92. The minimum atomic E-state index is -0.252. The second-order valence-electron chi connectivity index (χ2n) is 5.59. The van der Waals surface area contributed by atoms with E-state index >= 15 is 0 Å². The fourth-order valence-electron chi connectivity index (χ4n) is 2.68. The van der Waals surface area contributed by atoms with Gasteiger partial charge in [0.1, 0.15) is 5.82 Å². The van der Waals surface area contributed by atoms with Gasteiger partial charge in [-0.05, 0) is 38.3 Å². The highest BCUT2D eigenvalue weighted by atomic mass is 19.1. The molecule has 1 fully saturated rings. The molecule has 0 bridgehead atoms. The molecule has 120 valence electrons. The Hall–Kier alpha value is -1.91. The van der Waals surface area contributed by atoms with E-state index in [4.69, 9.17) is 0 Å². The van der Waals surface area contributed by atoms with E-state index < -0.39 is 0 Å². The maximum Gasteiger partial charge on any atom is 0.226 e. The summed E-state index contributed by atoms with van der Waals surface area (Å²) in [7, 11) is 0. The minimum absolute atomic E-state index is 0.0688. The molecule has 0 aromatic heterocycles. The molecule has 1 aliphatic carbocycles. The van der Waals surface area contributed by atoms with Crippen molar-refractivity contribution in [2.24, 2.45) is 11.8 Å². The molecule has 1 aromatic carbocycles. The van der Waals surface area contributed by atoms with Crippen LogP contribution >= 0.6 is 0 Å². The molecule has 0 heterocycles. The standard InChI is InChI=1S/C17H23FN2O2/c1-3-20(4-2)17(22)14-11-13(14)16(21)19-10-9-12-7-5-6-8-15(12)18/h5-8,13-14H,3-4,9-11H2,1-2H3,(H,19,21). The Morgan fingerprint density at radius 2 is 1.91 bits per heavy atom. The summed E-state index contributed by atoms with van der Waals surface area (Å²) < 4.78 is 13.5. The SMILES string of the molecule is CCN(CC)C(=O)C1CC1C(=O)NCCc1ccccc1F. The maximum atomic E-state index is 13.5. The van der Waals surface area contributed by atoms with Gasteiger partial charge in [0.2, 0.25) is 11.8 Å². The highest BCUT2D eigenvalue weighted by Gasteiger charge is 2.48. The summed E-state index contributed by atoms with van der Waals surface area (Å²) in [5, 5.41) is 2.80. The van der Waals surface area contributed by atoms with Gasteiger partial charge >= 0.3 is 0 Å². The van der Waals surface area contributed by atoms with Crippen LogP contribution in [-0.2, 0) is 16.0 Å². The first-order valence-corrected chi connectivity index (χ1v) is 7.88. The quantitative estimate of drug-likeness (QED) is 0.837. The number of rotatable bonds is 7. The fraction of sp³-hybridized carbons (Fsp3) is 0.529. The second kappa shape index (κ2) is 7.38. The molecule has 0 saturated heterocycles. The van der Waals surface area contributed by atoms with Gasteiger partial charge < -0.3 is 10.2 Å². The second-order valence-corrected chi connectivity index (χ2v) is 5.59. The predicted octanol–water partition coefficient (Wildman–Crippen LogP) is 1.99. The summed E-state index contributed by atoms with van der Waals surface area (Å²) in [5.41, 5.74) is 0.592. The Labute approximate surface area is 130 Å². The lowest BCUT2D eigenvalue weighted by Gasteiger charge is -2.18. The minimum Gasteiger partial charge on any atom is -0.356 e. The Balaban J connectivity index is 1.76. The Morgan fingerprint density at radius 3 is 2.55 bits per heavy atom. The van der Waals surface area contributed by atoms with Crippen molar-refractivity contribution in [3.63, 3.8) is 0 Å². The van der Waals surface area contributed by atoms with Gasteiger partial charge in [-0.25, -0.2) is 4.39 Å². The number of nitrogens with zero attached hydrogens (tertiary/aromatic N) is 1. The van der Waals surface area contributed by atoms with Crippen LogP contribution in [-0.4, -0.2) is 36.3 Å². The van der Waals surface area contributed by atoms with E-state index in [2.05, 4.69) is 5.32 Å². The van der Waals surface area contributed by atoms with Gasteiger partial charge in [0, 0.05) is 19.6 Å². The maximum absolute atomic E-state index is 13.5. The molecule has 2 rings (SSSR count). The molecular weight excluding hydrogens is 283 g/mol. The fourth-order valence-corrected chi connectivity index (χ4v) is 2.68. The normalized spacial score (nSPS) is 19.6. The van der Waals surface area contributed by atoms with Crippen molar-refractivity contribution < 1.29 is 14.0 Å². The third kappa shape index (κ3) is 3.84. The number of hydrogen-bond donors (Lipinski definition) is 1. The third-order valence-corrected chi connectivity index (χ3v) is 4.17. The first kappa shape index (κ1) is 16.5. The van der Waals surface area contributed by atoms with Gasteiger partial charge in [-0.3, -0.25) is 9.59 Å². The molecule has 1 N–H and O–H groups in total. The number of benzene rings is 1. The average Bonchev–Trinajstić information content (AvgIpc) is 3.31. The van der Waals surface area contributed by atoms with Crippen LogP contribution < -0.4 is 5.32 Å². The molecular formula is C17H23FN2O2. The van der Waals surface area contributed by atoms with Crippen LogP contribution in [0.4, 0.5) is 4.39 Å². The molecule has 1 aromatic rings. The lowest BCUT2D eigenvalue weighted by Crippen LogP contribution is -2.34. The van der Waals surface area contributed by atoms with E-state index in [0.29, 0.717) is 38.0 Å². The summed E-state index contributed by atoms with van der Waals surface area (Å²) in [6, 6.07) is 6.55. The average molecular weight is 306 g/mol. The smallest absolute Gasteiger partial charge is 0.226 e. The van der Waals surface area contributed by atoms with Crippen molar-refractivity contribution >= 4 is 11.8 Å². The van der Waals surface area contributed by atoms with E-state index in [1.807, 2.05) is 13.8 Å². The van der Waals surface area contributed by atoms with Crippen molar-refractivity contribution in [3.8, 4) is 0 Å². The van der Waals surface area contributed by atoms with Crippen LogP contribution in [0, 0.1) is 17.7 Å². The summed E-state index contributed by atoms with van der Waals surface area (Å²) in [5.74, 6) is -0.666. The number of hydrogen-bond acceptors (Lipinski definition) is 2. The first-order chi connectivity index (χ1) is 10.6. The zero-order chi connectivity index (χ0) is 16.1. The van der Waals surface area contributed by atoms with E-state index in [1.54, 1.807) is 23.1 Å².